The molecule has 4 rings (SSSR count). The van der Waals surface area contributed by atoms with Gasteiger partial charge in [-0.05, 0) is 11.6 Å². The summed E-state index contributed by atoms with van der Waals surface area (Å²) in [7, 11) is 1.50. The number of halogens is 1. The van der Waals surface area contributed by atoms with Gasteiger partial charge in [-0.1, -0.05) is 6.07 Å². The zero-order valence-corrected chi connectivity index (χ0v) is 12.6. The van der Waals surface area contributed by atoms with E-state index in [4.69, 9.17) is 10.5 Å². The summed E-state index contributed by atoms with van der Waals surface area (Å²) in [4.78, 5) is 19.3. The largest absolute Gasteiger partial charge is 0.494 e. The van der Waals surface area contributed by atoms with Crippen LogP contribution in [0.5, 0.6) is 5.75 Å². The number of methoxy groups -OCH3 is 1. The minimum Gasteiger partial charge on any atom is -0.494 e. The highest BCUT2D eigenvalue weighted by Crippen LogP contribution is 2.36. The van der Waals surface area contributed by atoms with Gasteiger partial charge in [-0.15, -0.1) is 0 Å². The van der Waals surface area contributed by atoms with E-state index >= 15 is 0 Å². The Hall–Kier alpha value is -3.42. The van der Waals surface area contributed by atoms with Crippen LogP contribution in [0.15, 0.2) is 35.4 Å². The monoisotopic (exact) mass is 325 g/mol. The van der Waals surface area contributed by atoms with Gasteiger partial charge in [-0.25, -0.2) is 4.39 Å². The molecule has 4 N–H and O–H groups in total. The first-order chi connectivity index (χ1) is 11.6. The zero-order chi connectivity index (χ0) is 16.8. The number of nitrogen functional groups attached to an aromatic ring is 1. The lowest BCUT2D eigenvalue weighted by Crippen LogP contribution is -2.14. The minimum absolute atomic E-state index is 0.00244. The number of hydrogen-bond donors (Lipinski definition) is 3. The fourth-order valence-corrected chi connectivity index (χ4v) is 2.84. The number of hydrogen-bond acceptors (Lipinski definition) is 5. The van der Waals surface area contributed by atoms with E-state index in [1.165, 1.54) is 19.4 Å². The van der Waals surface area contributed by atoms with E-state index < -0.39 is 11.4 Å². The lowest BCUT2D eigenvalue weighted by Gasteiger charge is -2.12. The second-order valence-electron chi connectivity index (χ2n) is 5.23. The number of nitrogens with zero attached hydrogens (tertiary/aromatic N) is 2. The molecule has 0 saturated carbocycles. The number of aromatic nitrogens is 4. The molecule has 4 aromatic rings. The summed E-state index contributed by atoms with van der Waals surface area (Å²) in [6.07, 6.45) is 3.04. The summed E-state index contributed by atoms with van der Waals surface area (Å²) in [5.74, 6) is 0.0217. The van der Waals surface area contributed by atoms with E-state index in [1.807, 2.05) is 0 Å². The maximum Gasteiger partial charge on any atom is 0.272 e. The van der Waals surface area contributed by atoms with E-state index in [2.05, 4.69) is 20.2 Å². The third kappa shape index (κ3) is 1.86. The van der Waals surface area contributed by atoms with Gasteiger partial charge in [0.15, 0.2) is 0 Å². The number of aromatic amines is 2. The molecular formula is C16H12FN5O2. The average Bonchev–Trinajstić information content (AvgIpc) is 3.08. The van der Waals surface area contributed by atoms with Gasteiger partial charge < -0.3 is 15.5 Å². The summed E-state index contributed by atoms with van der Waals surface area (Å²) in [6, 6.07) is 4.48. The van der Waals surface area contributed by atoms with Crippen molar-refractivity contribution in [2.45, 2.75) is 0 Å². The predicted molar refractivity (Wildman–Crippen MR) is 88.4 cm³/mol. The average molecular weight is 325 g/mol. The highest BCUT2D eigenvalue weighted by molar-refractivity contribution is 6.07. The molecular weight excluding hydrogens is 313 g/mol. The first-order valence-corrected chi connectivity index (χ1v) is 7.08. The molecule has 0 saturated heterocycles. The highest BCUT2D eigenvalue weighted by atomic mass is 19.1. The molecule has 0 aliphatic heterocycles. The number of rotatable bonds is 2. The van der Waals surface area contributed by atoms with Crippen LogP contribution in [0.3, 0.4) is 0 Å². The van der Waals surface area contributed by atoms with Crippen LogP contribution in [0.25, 0.3) is 33.1 Å². The van der Waals surface area contributed by atoms with Crippen molar-refractivity contribution in [3.05, 3.63) is 46.8 Å². The standard InChI is InChI=1S/C16H12FN5O2/c1-24-10-4-5-19-15-11(12(18)16(23)21-14(10)15)7-2-3-9(17)13-8(7)6-20-22-13/h2-6H,18H2,1H3,(H,20,22)(H,21,23). The Bertz CT molecular complexity index is 1150. The van der Waals surface area contributed by atoms with Crippen LogP contribution >= 0.6 is 0 Å². The Morgan fingerprint density at radius 1 is 1.25 bits per heavy atom. The summed E-state index contributed by atoms with van der Waals surface area (Å²) < 4.78 is 19.2. The second-order valence-corrected chi connectivity index (χ2v) is 5.23. The van der Waals surface area contributed by atoms with Crippen molar-refractivity contribution >= 4 is 27.6 Å². The summed E-state index contributed by atoms with van der Waals surface area (Å²) in [6.45, 7) is 0. The fourth-order valence-electron chi connectivity index (χ4n) is 2.84. The van der Waals surface area contributed by atoms with Crippen LogP contribution in [0.1, 0.15) is 0 Å². The van der Waals surface area contributed by atoms with Gasteiger partial charge in [0, 0.05) is 23.2 Å². The van der Waals surface area contributed by atoms with Crippen molar-refractivity contribution in [3.8, 4) is 16.9 Å². The molecule has 24 heavy (non-hydrogen) atoms. The third-order valence-corrected chi connectivity index (χ3v) is 3.96. The van der Waals surface area contributed by atoms with Gasteiger partial charge in [0.25, 0.3) is 5.56 Å². The van der Waals surface area contributed by atoms with Crippen molar-refractivity contribution < 1.29 is 9.13 Å². The molecule has 3 aromatic heterocycles. The van der Waals surface area contributed by atoms with Gasteiger partial charge in [-0.3, -0.25) is 14.9 Å². The number of H-pyrrole nitrogens is 2. The molecule has 0 radical (unpaired) electrons. The molecule has 120 valence electrons. The van der Waals surface area contributed by atoms with Crippen LogP contribution in [-0.4, -0.2) is 27.3 Å². The Morgan fingerprint density at radius 2 is 2.08 bits per heavy atom. The number of benzene rings is 1. The molecule has 1 aromatic carbocycles. The molecule has 0 unspecified atom stereocenters. The Labute approximate surface area is 134 Å². The van der Waals surface area contributed by atoms with Crippen LogP contribution in [0, 0.1) is 5.82 Å². The van der Waals surface area contributed by atoms with Gasteiger partial charge >= 0.3 is 0 Å². The van der Waals surface area contributed by atoms with Crippen LogP contribution in [-0.2, 0) is 0 Å². The SMILES string of the molecule is COc1ccnc2c(-c3ccc(F)c4[nH]ncc34)c(N)c(=O)[nH]c12. The quantitative estimate of drug-likeness (QED) is 0.523. The fraction of sp³-hybridized carbons (Fsp3) is 0.0625. The number of pyridine rings is 2. The Kier molecular flexibility index (Phi) is 2.99. The Balaban J connectivity index is 2.20. The smallest absolute Gasteiger partial charge is 0.272 e. The molecule has 0 bridgehead atoms. The van der Waals surface area contributed by atoms with Gasteiger partial charge in [0.2, 0.25) is 0 Å². The maximum absolute atomic E-state index is 13.9. The number of ether oxygens (including phenoxy) is 1. The van der Waals surface area contributed by atoms with E-state index in [-0.39, 0.29) is 11.2 Å². The molecule has 0 spiro atoms. The topological polar surface area (TPSA) is 110 Å². The van der Waals surface area contributed by atoms with Crippen molar-refractivity contribution in [2.24, 2.45) is 0 Å². The molecule has 0 aliphatic carbocycles. The van der Waals surface area contributed by atoms with Crippen LogP contribution < -0.4 is 16.0 Å². The normalized spacial score (nSPS) is 11.2. The first kappa shape index (κ1) is 14.2. The van der Waals surface area contributed by atoms with Crippen LogP contribution in [0.2, 0.25) is 0 Å². The van der Waals surface area contributed by atoms with Crippen LogP contribution in [0.4, 0.5) is 10.1 Å². The molecule has 7 nitrogen and oxygen atoms in total. The van der Waals surface area contributed by atoms with Gasteiger partial charge in [0.05, 0.1) is 13.3 Å². The van der Waals surface area contributed by atoms with Crippen molar-refractivity contribution in [1.29, 1.82) is 0 Å². The van der Waals surface area contributed by atoms with E-state index in [9.17, 15) is 9.18 Å². The number of nitrogens with two attached hydrogens (primary N) is 1. The lowest BCUT2D eigenvalue weighted by molar-refractivity contribution is 0.418. The van der Waals surface area contributed by atoms with E-state index in [1.54, 1.807) is 18.3 Å². The lowest BCUT2D eigenvalue weighted by atomic mass is 9.99. The molecule has 8 heteroatoms. The summed E-state index contributed by atoms with van der Waals surface area (Å²) >= 11 is 0. The van der Waals surface area contributed by atoms with Crippen molar-refractivity contribution in [3.63, 3.8) is 0 Å². The molecule has 0 amide bonds. The molecule has 0 fully saturated rings. The predicted octanol–water partition coefficient (Wildman–Crippen LogP) is 2.20. The first-order valence-electron chi connectivity index (χ1n) is 7.08. The number of fused-ring (bicyclic) bond motifs is 2. The van der Waals surface area contributed by atoms with E-state index in [0.29, 0.717) is 33.3 Å². The minimum atomic E-state index is -0.468. The molecule has 3 heterocycles. The van der Waals surface area contributed by atoms with Gasteiger partial charge in [-0.2, -0.15) is 5.10 Å². The Morgan fingerprint density at radius 3 is 2.88 bits per heavy atom. The highest BCUT2D eigenvalue weighted by Gasteiger charge is 2.19. The van der Waals surface area contributed by atoms with Crippen molar-refractivity contribution in [2.75, 3.05) is 12.8 Å². The third-order valence-electron chi connectivity index (χ3n) is 3.96. The number of nitrogens with one attached hydrogen (secondary N) is 2. The summed E-state index contributed by atoms with van der Waals surface area (Å²) in [5, 5.41) is 7.00. The molecule has 0 atom stereocenters. The second kappa shape index (κ2) is 5.05. The van der Waals surface area contributed by atoms with Gasteiger partial charge in [0.1, 0.15) is 33.8 Å². The summed E-state index contributed by atoms with van der Waals surface area (Å²) in [5.41, 5.74) is 7.66. The van der Waals surface area contributed by atoms with E-state index in [0.717, 1.165) is 0 Å². The maximum atomic E-state index is 13.9. The number of anilines is 1. The van der Waals surface area contributed by atoms with Crippen molar-refractivity contribution in [1.82, 2.24) is 20.2 Å². The zero-order valence-electron chi connectivity index (χ0n) is 12.6. The molecule has 0 aliphatic rings.